The number of aromatic nitrogens is 1. The molecule has 0 saturated heterocycles. The molecule has 0 amide bonds. The van der Waals surface area contributed by atoms with E-state index < -0.39 is 28.3 Å². The van der Waals surface area contributed by atoms with Crippen LogP contribution < -0.4 is 4.31 Å². The van der Waals surface area contributed by atoms with Gasteiger partial charge in [-0.25, -0.2) is 8.42 Å². The second-order valence-corrected chi connectivity index (χ2v) is 9.23. The van der Waals surface area contributed by atoms with Crippen molar-refractivity contribution < 1.29 is 21.6 Å². The first-order valence-corrected chi connectivity index (χ1v) is 10.8. The number of pyridine rings is 1. The van der Waals surface area contributed by atoms with Crippen LogP contribution in [-0.2, 0) is 22.7 Å². The van der Waals surface area contributed by atoms with Crippen molar-refractivity contribution in [3.8, 4) is 0 Å². The summed E-state index contributed by atoms with van der Waals surface area (Å²) >= 11 is 17.7. The van der Waals surface area contributed by atoms with Crippen LogP contribution >= 0.6 is 34.8 Å². The van der Waals surface area contributed by atoms with E-state index in [1.807, 2.05) is 0 Å². The van der Waals surface area contributed by atoms with Gasteiger partial charge in [-0.2, -0.15) is 13.2 Å². The number of sulfonamides is 1. The number of rotatable bonds is 5. The van der Waals surface area contributed by atoms with Crippen LogP contribution in [-0.4, -0.2) is 13.4 Å². The van der Waals surface area contributed by atoms with E-state index in [0.717, 1.165) is 4.31 Å². The van der Waals surface area contributed by atoms with Crippen LogP contribution in [0.3, 0.4) is 0 Å². The summed E-state index contributed by atoms with van der Waals surface area (Å²) in [6.07, 6.45) is -4.02. The lowest BCUT2D eigenvalue weighted by atomic mass is 10.2. The molecule has 158 valence electrons. The van der Waals surface area contributed by atoms with Gasteiger partial charge in [0.25, 0.3) is 10.0 Å². The predicted octanol–water partition coefficient (Wildman–Crippen LogP) is 6.46. The summed E-state index contributed by atoms with van der Waals surface area (Å²) in [5, 5.41) is 0.419. The van der Waals surface area contributed by atoms with Crippen LogP contribution in [0.5, 0.6) is 0 Å². The fourth-order valence-corrected chi connectivity index (χ4v) is 4.43. The molecule has 0 unspecified atom stereocenters. The third-order valence-corrected chi connectivity index (χ3v) is 6.67. The first kappa shape index (κ1) is 22.7. The Morgan fingerprint density at radius 1 is 0.900 bits per heavy atom. The van der Waals surface area contributed by atoms with Crippen LogP contribution in [0.15, 0.2) is 65.7 Å². The van der Waals surface area contributed by atoms with Crippen LogP contribution in [0.2, 0.25) is 15.1 Å². The van der Waals surface area contributed by atoms with E-state index in [1.165, 1.54) is 48.5 Å². The molecular formula is C19H12Cl3F3N2O2S. The maximum absolute atomic E-state index is 13.3. The van der Waals surface area contributed by atoms with Crippen LogP contribution in [0.25, 0.3) is 0 Å². The first-order chi connectivity index (χ1) is 14.0. The lowest BCUT2D eigenvalue weighted by Gasteiger charge is -2.25. The molecule has 0 aliphatic rings. The Balaban J connectivity index is 2.07. The number of halogens is 6. The van der Waals surface area contributed by atoms with E-state index >= 15 is 0 Å². The minimum atomic E-state index is -4.62. The third-order valence-electron chi connectivity index (χ3n) is 4.05. The highest BCUT2D eigenvalue weighted by molar-refractivity contribution is 7.92. The molecule has 0 radical (unpaired) electrons. The van der Waals surface area contributed by atoms with Crippen molar-refractivity contribution >= 4 is 50.5 Å². The van der Waals surface area contributed by atoms with Gasteiger partial charge in [0.1, 0.15) is 0 Å². The number of alkyl halides is 3. The quantitative estimate of drug-likeness (QED) is 0.408. The molecule has 0 aliphatic carbocycles. The molecule has 0 N–H and O–H groups in total. The molecule has 0 fully saturated rings. The SMILES string of the molecule is O=S(=O)(c1ccc(Cl)cc1)N(Cc1ncc(C(F)(F)F)cc1Cl)c1ccc(Cl)cc1. The zero-order valence-corrected chi connectivity index (χ0v) is 18.0. The maximum Gasteiger partial charge on any atom is 0.417 e. The average Bonchev–Trinajstić information content (AvgIpc) is 2.67. The molecule has 11 heteroatoms. The topological polar surface area (TPSA) is 50.3 Å². The van der Waals surface area contributed by atoms with E-state index in [0.29, 0.717) is 22.3 Å². The minimum absolute atomic E-state index is 0.0443. The predicted molar refractivity (Wildman–Crippen MR) is 111 cm³/mol. The Bertz CT molecular complexity index is 1150. The highest BCUT2D eigenvalue weighted by atomic mass is 35.5. The molecule has 3 aromatic rings. The zero-order valence-electron chi connectivity index (χ0n) is 14.9. The number of anilines is 1. The molecule has 0 saturated carbocycles. The number of benzene rings is 2. The van der Waals surface area contributed by atoms with Crippen molar-refractivity contribution in [3.05, 3.63) is 87.1 Å². The van der Waals surface area contributed by atoms with E-state index in [-0.39, 0.29) is 21.3 Å². The third kappa shape index (κ3) is 5.00. The van der Waals surface area contributed by atoms with Gasteiger partial charge in [-0.1, -0.05) is 34.8 Å². The van der Waals surface area contributed by atoms with Gasteiger partial charge in [0, 0.05) is 16.2 Å². The van der Waals surface area contributed by atoms with E-state index in [2.05, 4.69) is 4.98 Å². The summed E-state index contributed by atoms with van der Waals surface area (Å²) in [5.74, 6) is 0. The number of hydrogen-bond acceptors (Lipinski definition) is 3. The normalized spacial score (nSPS) is 12.1. The van der Waals surface area contributed by atoms with Gasteiger partial charge in [-0.3, -0.25) is 9.29 Å². The highest BCUT2D eigenvalue weighted by Crippen LogP contribution is 2.33. The van der Waals surface area contributed by atoms with E-state index in [4.69, 9.17) is 34.8 Å². The van der Waals surface area contributed by atoms with E-state index in [1.54, 1.807) is 0 Å². The molecule has 0 aliphatic heterocycles. The zero-order chi connectivity index (χ0) is 22.1. The van der Waals surface area contributed by atoms with Crippen LogP contribution in [0.1, 0.15) is 11.3 Å². The van der Waals surface area contributed by atoms with Crippen molar-refractivity contribution in [1.29, 1.82) is 0 Å². The molecular weight excluding hydrogens is 484 g/mol. The van der Waals surface area contributed by atoms with Crippen LogP contribution in [0, 0.1) is 0 Å². The summed E-state index contributed by atoms with van der Waals surface area (Å²) in [7, 11) is -4.13. The Kier molecular flexibility index (Phi) is 6.52. The molecule has 4 nitrogen and oxygen atoms in total. The molecule has 30 heavy (non-hydrogen) atoms. The molecule has 2 aromatic carbocycles. The lowest BCUT2D eigenvalue weighted by Crippen LogP contribution is -2.31. The second kappa shape index (κ2) is 8.63. The van der Waals surface area contributed by atoms with Crippen molar-refractivity contribution in [3.63, 3.8) is 0 Å². The average molecular weight is 496 g/mol. The van der Waals surface area contributed by atoms with Gasteiger partial charge in [0.2, 0.25) is 0 Å². The standard InChI is InChI=1S/C19H12Cl3F3N2O2S/c20-13-1-5-15(6-2-13)27(30(28,29)16-7-3-14(21)4-8-16)11-18-17(22)9-12(10-26-18)19(23,24)25/h1-10H,11H2. The largest absolute Gasteiger partial charge is 0.417 e. The van der Waals surface area contributed by atoms with Gasteiger partial charge >= 0.3 is 6.18 Å². The van der Waals surface area contributed by atoms with Gasteiger partial charge in [0.05, 0.1) is 33.4 Å². The fraction of sp³-hybridized carbons (Fsp3) is 0.105. The number of nitrogens with zero attached hydrogens (tertiary/aromatic N) is 2. The smallest absolute Gasteiger partial charge is 0.260 e. The second-order valence-electron chi connectivity index (χ2n) is 6.09. The maximum atomic E-state index is 13.3. The number of hydrogen-bond donors (Lipinski definition) is 0. The molecule has 0 bridgehead atoms. The van der Waals surface area contributed by atoms with Crippen molar-refractivity contribution in [1.82, 2.24) is 4.98 Å². The summed E-state index contributed by atoms with van der Waals surface area (Å²) in [6, 6.07) is 12.1. The van der Waals surface area contributed by atoms with Crippen molar-refractivity contribution in [2.24, 2.45) is 0 Å². The van der Waals surface area contributed by atoms with E-state index in [9.17, 15) is 21.6 Å². The molecule has 3 rings (SSSR count). The Morgan fingerprint density at radius 2 is 1.43 bits per heavy atom. The Morgan fingerprint density at radius 3 is 1.93 bits per heavy atom. The Labute approximate surface area is 185 Å². The van der Waals surface area contributed by atoms with Gasteiger partial charge in [-0.05, 0) is 54.6 Å². The minimum Gasteiger partial charge on any atom is -0.260 e. The summed E-state index contributed by atoms with van der Waals surface area (Å²) < 4.78 is 66.2. The monoisotopic (exact) mass is 494 g/mol. The summed E-state index contributed by atoms with van der Waals surface area (Å²) in [4.78, 5) is 3.68. The van der Waals surface area contributed by atoms with Crippen LogP contribution in [0.4, 0.5) is 18.9 Å². The lowest BCUT2D eigenvalue weighted by molar-refractivity contribution is -0.137. The molecule has 0 atom stereocenters. The van der Waals surface area contributed by atoms with Gasteiger partial charge in [0.15, 0.2) is 0 Å². The molecule has 1 aromatic heterocycles. The van der Waals surface area contributed by atoms with Crippen molar-refractivity contribution in [2.45, 2.75) is 17.6 Å². The first-order valence-electron chi connectivity index (χ1n) is 8.24. The van der Waals surface area contributed by atoms with Gasteiger partial charge < -0.3 is 0 Å². The highest BCUT2D eigenvalue weighted by Gasteiger charge is 2.32. The van der Waals surface area contributed by atoms with Crippen molar-refractivity contribution in [2.75, 3.05) is 4.31 Å². The van der Waals surface area contributed by atoms with Gasteiger partial charge in [-0.15, -0.1) is 0 Å². The summed E-state index contributed by atoms with van der Waals surface area (Å²) in [6.45, 7) is -0.399. The fourth-order valence-electron chi connectivity index (χ4n) is 2.53. The molecule has 0 spiro atoms. The molecule has 1 heterocycles. The summed E-state index contributed by atoms with van der Waals surface area (Å²) in [5.41, 5.74) is -0.848. The Hall–Kier alpha value is -2.00.